The second-order valence-electron chi connectivity index (χ2n) is 8.16. The van der Waals surface area contributed by atoms with Crippen molar-refractivity contribution in [2.45, 2.75) is 89.4 Å². The van der Waals surface area contributed by atoms with Gasteiger partial charge < -0.3 is 19.5 Å². The summed E-state index contributed by atoms with van der Waals surface area (Å²) in [6, 6.07) is 7.58. The van der Waals surface area contributed by atoms with Crippen molar-refractivity contribution < 1.29 is 8.83 Å². The molecule has 0 aliphatic carbocycles. The molecule has 2 N–H and O–H groups in total. The number of thioether (sulfide) groups is 1. The summed E-state index contributed by atoms with van der Waals surface area (Å²) in [6.45, 7) is 3.32. The highest BCUT2D eigenvalue weighted by Crippen LogP contribution is 2.20. The second-order valence-corrected chi connectivity index (χ2v) is 9.22. The van der Waals surface area contributed by atoms with E-state index >= 15 is 0 Å². The fourth-order valence-corrected chi connectivity index (χ4v) is 4.32. The molecule has 0 spiro atoms. The Labute approximate surface area is 201 Å². The number of nitrogens with one attached hydrogen (secondary N) is 2. The lowest BCUT2D eigenvalue weighted by Crippen LogP contribution is -2.09. The number of nitrogens with zero attached hydrogens (tertiary/aromatic N) is 3. The molecule has 0 saturated carbocycles. The molecule has 7 nitrogen and oxygen atoms in total. The van der Waals surface area contributed by atoms with Crippen molar-refractivity contribution in [1.29, 1.82) is 0 Å². The number of unbranched alkanes of at least 4 members (excludes halogenated alkanes) is 9. The van der Waals surface area contributed by atoms with Crippen LogP contribution in [0.2, 0.25) is 0 Å². The predicted molar refractivity (Wildman–Crippen MR) is 134 cm³/mol. The number of rotatable bonds is 18. The molecule has 3 rings (SSSR count). The van der Waals surface area contributed by atoms with E-state index in [9.17, 15) is 0 Å². The summed E-state index contributed by atoms with van der Waals surface area (Å²) in [5, 5.41) is 7.19. The van der Waals surface area contributed by atoms with Gasteiger partial charge in [0.05, 0.1) is 25.6 Å². The average molecular weight is 472 g/mol. The van der Waals surface area contributed by atoms with Crippen LogP contribution in [0.3, 0.4) is 0 Å². The SMILES string of the molecule is CCCCCCCCCCCCSc1nc(NCc2ccco2)nc(NCc2ccco2)n1. The van der Waals surface area contributed by atoms with Gasteiger partial charge in [-0.1, -0.05) is 76.5 Å². The summed E-state index contributed by atoms with van der Waals surface area (Å²) >= 11 is 1.68. The Morgan fingerprint density at radius 3 is 1.70 bits per heavy atom. The summed E-state index contributed by atoms with van der Waals surface area (Å²) < 4.78 is 10.8. The normalized spacial score (nSPS) is 11.1. The standard InChI is InChI=1S/C25H37N5O2S/c1-2-3-4-5-6-7-8-9-10-11-18-33-25-29-23(26-19-21-14-12-16-31-21)28-24(30-25)27-20-22-15-13-17-32-22/h12-17H,2-11,18-20H2,1H3,(H2,26,27,28,29,30). The van der Waals surface area contributed by atoms with Gasteiger partial charge in [-0.25, -0.2) is 0 Å². The largest absolute Gasteiger partial charge is 0.467 e. The van der Waals surface area contributed by atoms with Gasteiger partial charge in [-0.15, -0.1) is 0 Å². The predicted octanol–water partition coefficient (Wildman–Crippen LogP) is 7.29. The molecule has 33 heavy (non-hydrogen) atoms. The third kappa shape index (κ3) is 10.3. The zero-order valence-electron chi connectivity index (χ0n) is 19.7. The van der Waals surface area contributed by atoms with Crippen LogP contribution >= 0.6 is 11.8 Å². The van der Waals surface area contributed by atoms with Crippen molar-refractivity contribution >= 4 is 23.7 Å². The van der Waals surface area contributed by atoms with Gasteiger partial charge in [-0.05, 0) is 30.7 Å². The lowest BCUT2D eigenvalue weighted by Gasteiger charge is -2.09. The maximum Gasteiger partial charge on any atom is 0.228 e. The molecule has 0 fully saturated rings. The molecular weight excluding hydrogens is 434 g/mol. The molecule has 3 aromatic heterocycles. The smallest absolute Gasteiger partial charge is 0.228 e. The van der Waals surface area contributed by atoms with E-state index < -0.39 is 0 Å². The highest BCUT2D eigenvalue weighted by molar-refractivity contribution is 7.99. The van der Waals surface area contributed by atoms with Crippen LogP contribution in [0, 0.1) is 0 Å². The molecular formula is C25H37N5O2S. The maximum absolute atomic E-state index is 5.39. The highest BCUT2D eigenvalue weighted by Gasteiger charge is 2.09. The molecule has 8 heteroatoms. The van der Waals surface area contributed by atoms with Crippen LogP contribution in [0.25, 0.3) is 0 Å². The van der Waals surface area contributed by atoms with E-state index in [4.69, 9.17) is 8.83 Å². The zero-order valence-corrected chi connectivity index (χ0v) is 20.5. The van der Waals surface area contributed by atoms with Crippen molar-refractivity contribution in [3.8, 4) is 0 Å². The Hall–Kier alpha value is -2.48. The minimum absolute atomic E-state index is 0.525. The number of hydrogen-bond donors (Lipinski definition) is 2. The van der Waals surface area contributed by atoms with E-state index in [0.717, 1.165) is 22.4 Å². The van der Waals surface area contributed by atoms with Gasteiger partial charge in [0.2, 0.25) is 11.9 Å². The van der Waals surface area contributed by atoms with Crippen molar-refractivity contribution in [2.24, 2.45) is 0 Å². The Bertz CT molecular complexity index is 815. The fourth-order valence-electron chi connectivity index (χ4n) is 3.49. The van der Waals surface area contributed by atoms with E-state index in [1.165, 1.54) is 64.2 Å². The topological polar surface area (TPSA) is 89.0 Å². The molecule has 0 atom stereocenters. The monoisotopic (exact) mass is 471 g/mol. The molecule has 0 unspecified atom stereocenters. The van der Waals surface area contributed by atoms with Gasteiger partial charge >= 0.3 is 0 Å². The fraction of sp³-hybridized carbons (Fsp3) is 0.560. The lowest BCUT2D eigenvalue weighted by molar-refractivity contribution is 0.516. The van der Waals surface area contributed by atoms with Crippen LogP contribution in [0.4, 0.5) is 11.9 Å². The summed E-state index contributed by atoms with van der Waals surface area (Å²) in [5.41, 5.74) is 0. The summed E-state index contributed by atoms with van der Waals surface area (Å²) in [4.78, 5) is 13.7. The van der Waals surface area contributed by atoms with E-state index in [1.54, 1.807) is 24.3 Å². The van der Waals surface area contributed by atoms with Gasteiger partial charge in [0.25, 0.3) is 0 Å². The first-order valence-corrected chi connectivity index (χ1v) is 13.2. The first-order valence-electron chi connectivity index (χ1n) is 12.2. The summed E-state index contributed by atoms with van der Waals surface area (Å²) in [6.07, 6.45) is 16.7. The first-order chi connectivity index (χ1) is 16.3. The number of aromatic nitrogens is 3. The van der Waals surface area contributed by atoms with Gasteiger partial charge in [-0.3, -0.25) is 0 Å². The van der Waals surface area contributed by atoms with Crippen molar-refractivity contribution in [3.05, 3.63) is 48.3 Å². The molecule has 0 aromatic carbocycles. The Balaban J connectivity index is 1.41. The lowest BCUT2D eigenvalue weighted by atomic mass is 10.1. The van der Waals surface area contributed by atoms with E-state index in [1.807, 2.05) is 24.3 Å². The molecule has 0 bridgehead atoms. The molecule has 180 valence electrons. The molecule has 0 radical (unpaired) electrons. The maximum atomic E-state index is 5.39. The molecule has 3 heterocycles. The molecule has 0 aliphatic heterocycles. The van der Waals surface area contributed by atoms with E-state index in [0.29, 0.717) is 25.0 Å². The van der Waals surface area contributed by atoms with Crippen LogP contribution in [0.1, 0.15) is 82.7 Å². The van der Waals surface area contributed by atoms with Crippen LogP contribution in [-0.4, -0.2) is 20.7 Å². The third-order valence-corrected chi connectivity index (χ3v) is 6.28. The number of anilines is 2. The Kier molecular flexibility index (Phi) is 11.7. The number of furan rings is 2. The minimum atomic E-state index is 0.525. The minimum Gasteiger partial charge on any atom is -0.467 e. The van der Waals surface area contributed by atoms with Gasteiger partial charge in [0, 0.05) is 5.75 Å². The van der Waals surface area contributed by atoms with Crippen molar-refractivity contribution in [1.82, 2.24) is 15.0 Å². The number of hydrogen-bond acceptors (Lipinski definition) is 8. The molecule has 3 aromatic rings. The Morgan fingerprint density at radius 1 is 0.697 bits per heavy atom. The molecule has 0 saturated heterocycles. The van der Waals surface area contributed by atoms with E-state index in [2.05, 4.69) is 32.5 Å². The van der Waals surface area contributed by atoms with Crippen LogP contribution < -0.4 is 10.6 Å². The first kappa shape index (κ1) is 25.1. The third-order valence-electron chi connectivity index (χ3n) is 5.35. The molecule has 0 aliphatic rings. The van der Waals surface area contributed by atoms with Crippen LogP contribution in [0.15, 0.2) is 50.8 Å². The van der Waals surface area contributed by atoms with Gasteiger partial charge in [-0.2, -0.15) is 15.0 Å². The zero-order chi connectivity index (χ0) is 23.0. The van der Waals surface area contributed by atoms with Crippen LogP contribution in [0.5, 0.6) is 0 Å². The highest BCUT2D eigenvalue weighted by atomic mass is 32.2. The molecule has 0 amide bonds. The second kappa shape index (κ2) is 15.4. The summed E-state index contributed by atoms with van der Waals surface area (Å²) in [7, 11) is 0. The van der Waals surface area contributed by atoms with Gasteiger partial charge in [0.15, 0.2) is 5.16 Å². The van der Waals surface area contributed by atoms with E-state index in [-0.39, 0.29) is 0 Å². The average Bonchev–Trinajstić information content (AvgIpc) is 3.54. The summed E-state index contributed by atoms with van der Waals surface area (Å²) in [5.74, 6) is 3.75. The van der Waals surface area contributed by atoms with Crippen LogP contribution in [-0.2, 0) is 13.1 Å². The Morgan fingerprint density at radius 2 is 1.21 bits per heavy atom. The van der Waals surface area contributed by atoms with Crippen molar-refractivity contribution in [2.75, 3.05) is 16.4 Å². The van der Waals surface area contributed by atoms with Crippen molar-refractivity contribution in [3.63, 3.8) is 0 Å². The quantitative estimate of drug-likeness (QED) is 0.148. The van der Waals surface area contributed by atoms with Gasteiger partial charge in [0.1, 0.15) is 11.5 Å².